The minimum Gasteiger partial charge on any atom is -0.404 e. The normalized spacial score (nSPS) is 19.0. The smallest absolute Gasteiger partial charge is 0.0503 e. The molecule has 0 aromatic rings. The Labute approximate surface area is 101 Å². The van der Waals surface area contributed by atoms with Gasteiger partial charge in [0, 0.05) is 5.71 Å². The third kappa shape index (κ3) is 3.99. The average molecular weight is 224 g/mol. The summed E-state index contributed by atoms with van der Waals surface area (Å²) in [6, 6.07) is 0.559. The summed E-state index contributed by atoms with van der Waals surface area (Å²) in [6.45, 7) is 6.55. The molecule has 1 fully saturated rings. The fourth-order valence-electron chi connectivity index (χ4n) is 2.22. The molecule has 94 valence electrons. The van der Waals surface area contributed by atoms with Crippen LogP contribution in [0.15, 0.2) is 16.8 Å². The first-order valence-corrected chi connectivity index (χ1v) is 6.17. The molecule has 1 saturated carbocycles. The van der Waals surface area contributed by atoms with E-state index < -0.39 is 0 Å². The number of aliphatic imine (C=N–C) groups is 1. The van der Waals surface area contributed by atoms with Gasteiger partial charge in [0.2, 0.25) is 0 Å². The zero-order valence-electron chi connectivity index (χ0n) is 10.3. The van der Waals surface area contributed by atoms with Crippen LogP contribution in [0.1, 0.15) is 60.3 Å². The third-order valence-electron chi connectivity index (χ3n) is 3.10. The van der Waals surface area contributed by atoms with E-state index in [1.807, 2.05) is 0 Å². The Morgan fingerprint density at radius 1 is 1.38 bits per heavy atom. The minimum atomic E-state index is 0. The molecule has 0 aromatic heterocycles. The van der Waals surface area contributed by atoms with E-state index in [2.05, 4.69) is 20.8 Å². The Kier molecular flexibility index (Phi) is 7.11. The molecule has 0 radical (unpaired) electrons. The lowest BCUT2D eigenvalue weighted by Gasteiger charge is -2.15. The summed E-state index contributed by atoms with van der Waals surface area (Å²) in [6.07, 6.45) is 7.92. The Morgan fingerprint density at radius 2 is 1.94 bits per heavy atom. The van der Waals surface area contributed by atoms with Crippen molar-refractivity contribution in [3.63, 3.8) is 0 Å². The van der Waals surface area contributed by atoms with Crippen molar-refractivity contribution in [2.45, 2.75) is 66.3 Å². The Bertz CT molecular complexity index is 245. The molecule has 0 unspecified atom stereocenters. The highest BCUT2D eigenvalue weighted by Crippen LogP contribution is 2.23. The Morgan fingerprint density at radius 3 is 2.31 bits per heavy atom. The van der Waals surface area contributed by atoms with Crippen molar-refractivity contribution in [1.29, 1.82) is 0 Å². The molecule has 1 aliphatic rings. The van der Waals surface area contributed by atoms with Gasteiger partial charge in [0.1, 0.15) is 0 Å². The standard InChI is InChI=1S/C13H24N2.CH4/c1-4-11(9-14)13(10(2)3)15-12-7-5-6-8-12;/h9-10,12H,4-8,14H2,1-3H3;1H4/b11-9-,15-13?;. The summed E-state index contributed by atoms with van der Waals surface area (Å²) in [5.74, 6) is 0.486. The van der Waals surface area contributed by atoms with Crippen LogP contribution >= 0.6 is 0 Å². The molecule has 1 aliphatic carbocycles. The van der Waals surface area contributed by atoms with Gasteiger partial charge in [-0.15, -0.1) is 0 Å². The van der Waals surface area contributed by atoms with Crippen LogP contribution in [-0.4, -0.2) is 11.8 Å². The molecule has 0 saturated heterocycles. The molecule has 2 heteroatoms. The van der Waals surface area contributed by atoms with Gasteiger partial charge < -0.3 is 5.73 Å². The van der Waals surface area contributed by atoms with Crippen molar-refractivity contribution in [1.82, 2.24) is 0 Å². The Hall–Kier alpha value is -0.790. The van der Waals surface area contributed by atoms with Crippen LogP contribution < -0.4 is 5.73 Å². The second kappa shape index (κ2) is 7.48. The lowest BCUT2D eigenvalue weighted by molar-refractivity contribution is 0.693. The van der Waals surface area contributed by atoms with Crippen molar-refractivity contribution in [2.75, 3.05) is 0 Å². The number of nitrogens with two attached hydrogens (primary N) is 1. The SMILES string of the molecule is C.CC/C(=C/N)C(=NC1CCCC1)C(C)C. The molecular weight excluding hydrogens is 196 g/mol. The van der Waals surface area contributed by atoms with Gasteiger partial charge in [-0.05, 0) is 37.0 Å². The number of hydrogen-bond donors (Lipinski definition) is 1. The molecule has 0 heterocycles. The zero-order chi connectivity index (χ0) is 11.3. The topological polar surface area (TPSA) is 38.4 Å². The molecule has 0 aliphatic heterocycles. The van der Waals surface area contributed by atoms with Crippen LogP contribution in [0.2, 0.25) is 0 Å². The maximum absolute atomic E-state index is 5.65. The largest absolute Gasteiger partial charge is 0.404 e. The van der Waals surface area contributed by atoms with Crippen LogP contribution in [0.4, 0.5) is 0 Å². The summed E-state index contributed by atoms with van der Waals surface area (Å²) in [4.78, 5) is 4.89. The highest BCUT2D eigenvalue weighted by molar-refractivity contribution is 6.01. The number of nitrogens with zero attached hydrogens (tertiary/aromatic N) is 1. The van der Waals surface area contributed by atoms with Crippen molar-refractivity contribution in [3.05, 3.63) is 11.8 Å². The van der Waals surface area contributed by atoms with Crippen LogP contribution in [-0.2, 0) is 0 Å². The quantitative estimate of drug-likeness (QED) is 0.722. The molecule has 2 nitrogen and oxygen atoms in total. The summed E-state index contributed by atoms with van der Waals surface area (Å²) in [5, 5.41) is 0. The zero-order valence-corrected chi connectivity index (χ0v) is 10.3. The molecule has 2 N–H and O–H groups in total. The first-order chi connectivity index (χ1) is 7.19. The lowest BCUT2D eigenvalue weighted by atomic mass is 9.98. The maximum Gasteiger partial charge on any atom is 0.0503 e. The van der Waals surface area contributed by atoms with E-state index >= 15 is 0 Å². The monoisotopic (exact) mass is 224 g/mol. The second-order valence-corrected chi connectivity index (χ2v) is 4.65. The van der Waals surface area contributed by atoms with Crippen molar-refractivity contribution < 1.29 is 0 Å². The van der Waals surface area contributed by atoms with Crippen LogP contribution in [0.3, 0.4) is 0 Å². The highest BCUT2D eigenvalue weighted by atomic mass is 14.8. The predicted molar refractivity (Wildman–Crippen MR) is 73.8 cm³/mol. The lowest BCUT2D eigenvalue weighted by Crippen LogP contribution is -2.15. The molecule has 0 bridgehead atoms. The van der Waals surface area contributed by atoms with Gasteiger partial charge in [-0.3, -0.25) is 4.99 Å². The van der Waals surface area contributed by atoms with Gasteiger partial charge in [-0.2, -0.15) is 0 Å². The number of rotatable bonds is 4. The fraction of sp³-hybridized carbons (Fsp3) is 0.786. The van der Waals surface area contributed by atoms with Crippen LogP contribution in [0.5, 0.6) is 0 Å². The first-order valence-electron chi connectivity index (χ1n) is 6.17. The summed E-state index contributed by atoms with van der Waals surface area (Å²) < 4.78 is 0. The van der Waals surface area contributed by atoms with Gasteiger partial charge in [-0.25, -0.2) is 0 Å². The number of allylic oxidation sites excluding steroid dienone is 1. The van der Waals surface area contributed by atoms with E-state index in [1.165, 1.54) is 37.0 Å². The molecule has 0 amide bonds. The second-order valence-electron chi connectivity index (χ2n) is 4.65. The molecule has 16 heavy (non-hydrogen) atoms. The van der Waals surface area contributed by atoms with Gasteiger partial charge in [0.25, 0.3) is 0 Å². The van der Waals surface area contributed by atoms with Crippen molar-refractivity contribution in [2.24, 2.45) is 16.6 Å². The van der Waals surface area contributed by atoms with Crippen molar-refractivity contribution in [3.8, 4) is 0 Å². The van der Waals surface area contributed by atoms with Crippen LogP contribution in [0.25, 0.3) is 0 Å². The molecule has 1 rings (SSSR count). The van der Waals surface area contributed by atoms with E-state index in [0.29, 0.717) is 12.0 Å². The van der Waals surface area contributed by atoms with E-state index in [-0.39, 0.29) is 7.43 Å². The molecule has 0 atom stereocenters. The van der Waals surface area contributed by atoms with Gasteiger partial charge >= 0.3 is 0 Å². The van der Waals surface area contributed by atoms with E-state index in [1.54, 1.807) is 6.20 Å². The third-order valence-corrected chi connectivity index (χ3v) is 3.10. The molecule has 0 aromatic carbocycles. The molecule has 0 spiro atoms. The maximum atomic E-state index is 5.65. The van der Waals surface area contributed by atoms with Gasteiger partial charge in [0.05, 0.1) is 6.04 Å². The summed E-state index contributed by atoms with van der Waals surface area (Å²) >= 11 is 0. The highest BCUT2D eigenvalue weighted by Gasteiger charge is 2.17. The van der Waals surface area contributed by atoms with E-state index in [0.717, 1.165) is 6.42 Å². The minimum absolute atomic E-state index is 0. The van der Waals surface area contributed by atoms with Gasteiger partial charge in [0.15, 0.2) is 0 Å². The predicted octanol–water partition coefficient (Wildman–Crippen LogP) is 3.91. The van der Waals surface area contributed by atoms with Gasteiger partial charge in [-0.1, -0.05) is 41.0 Å². The van der Waals surface area contributed by atoms with E-state index in [9.17, 15) is 0 Å². The number of hydrogen-bond acceptors (Lipinski definition) is 2. The first kappa shape index (κ1) is 15.2. The summed E-state index contributed by atoms with van der Waals surface area (Å²) in [7, 11) is 0. The van der Waals surface area contributed by atoms with Crippen molar-refractivity contribution >= 4 is 5.71 Å². The average Bonchev–Trinajstić information content (AvgIpc) is 2.70. The van der Waals surface area contributed by atoms with Crippen LogP contribution in [0, 0.1) is 5.92 Å². The van der Waals surface area contributed by atoms with E-state index in [4.69, 9.17) is 10.7 Å². The molecular formula is C14H28N2. The Balaban J connectivity index is 0.00000225. The summed E-state index contributed by atoms with van der Waals surface area (Å²) in [5.41, 5.74) is 8.10. The fourth-order valence-corrected chi connectivity index (χ4v) is 2.22.